The highest BCUT2D eigenvalue weighted by molar-refractivity contribution is 7.10. The number of urea groups is 1. The molecule has 1 saturated carbocycles. The predicted octanol–water partition coefficient (Wildman–Crippen LogP) is 1.83. The Balaban J connectivity index is 1.81. The Morgan fingerprint density at radius 3 is 3.00 bits per heavy atom. The smallest absolute Gasteiger partial charge is 0.315 e. The lowest BCUT2D eigenvalue weighted by atomic mass is 10.2. The summed E-state index contributed by atoms with van der Waals surface area (Å²) in [6.07, 6.45) is 4.58. The molecule has 1 aromatic heterocycles. The zero-order chi connectivity index (χ0) is 13.5. The zero-order valence-corrected chi connectivity index (χ0v) is 11.6. The number of hydrogen-bond donors (Lipinski definition) is 3. The van der Waals surface area contributed by atoms with Gasteiger partial charge in [-0.1, -0.05) is 24.7 Å². The monoisotopic (exact) mass is 278 g/mol. The van der Waals surface area contributed by atoms with Gasteiger partial charge in [0.05, 0.1) is 6.54 Å². The van der Waals surface area contributed by atoms with Crippen molar-refractivity contribution in [2.45, 2.75) is 38.3 Å². The van der Waals surface area contributed by atoms with E-state index < -0.39 is 0 Å². The van der Waals surface area contributed by atoms with Crippen molar-refractivity contribution in [3.05, 3.63) is 21.9 Å². The summed E-state index contributed by atoms with van der Waals surface area (Å²) in [6, 6.07) is 2.12. The van der Waals surface area contributed by atoms with Gasteiger partial charge >= 0.3 is 6.03 Å². The van der Waals surface area contributed by atoms with Crippen LogP contribution in [0.4, 0.5) is 4.79 Å². The SMILES string of the molecule is O=C(NCc1sccc1C#CCO)NC1CCCC1. The van der Waals surface area contributed by atoms with Gasteiger partial charge in [0, 0.05) is 16.5 Å². The molecular weight excluding hydrogens is 260 g/mol. The van der Waals surface area contributed by atoms with E-state index in [1.54, 1.807) is 11.3 Å². The molecule has 0 atom stereocenters. The molecule has 1 aromatic rings. The Morgan fingerprint density at radius 1 is 1.47 bits per heavy atom. The van der Waals surface area contributed by atoms with Crippen molar-refractivity contribution in [1.29, 1.82) is 0 Å². The number of aliphatic hydroxyl groups is 1. The Hall–Kier alpha value is -1.51. The van der Waals surface area contributed by atoms with Gasteiger partial charge in [-0.2, -0.15) is 0 Å². The first-order chi connectivity index (χ1) is 9.29. The second-order valence-corrected chi connectivity index (χ2v) is 5.53. The molecule has 19 heavy (non-hydrogen) atoms. The number of aliphatic hydroxyl groups excluding tert-OH is 1. The topological polar surface area (TPSA) is 61.4 Å². The first kappa shape index (κ1) is 13.9. The normalized spacial score (nSPS) is 14.8. The van der Waals surface area contributed by atoms with Crippen LogP contribution in [0.25, 0.3) is 0 Å². The van der Waals surface area contributed by atoms with Gasteiger partial charge in [0.1, 0.15) is 6.61 Å². The van der Waals surface area contributed by atoms with Crippen LogP contribution in [-0.2, 0) is 6.54 Å². The van der Waals surface area contributed by atoms with Crippen molar-refractivity contribution in [2.24, 2.45) is 0 Å². The molecule has 1 aliphatic rings. The summed E-state index contributed by atoms with van der Waals surface area (Å²) in [5.41, 5.74) is 0.875. The fourth-order valence-electron chi connectivity index (χ4n) is 2.19. The van der Waals surface area contributed by atoms with E-state index in [0.29, 0.717) is 12.6 Å². The maximum Gasteiger partial charge on any atom is 0.315 e. The van der Waals surface area contributed by atoms with Crippen molar-refractivity contribution in [1.82, 2.24) is 10.6 Å². The van der Waals surface area contributed by atoms with Gasteiger partial charge in [-0.05, 0) is 24.3 Å². The summed E-state index contributed by atoms with van der Waals surface area (Å²) >= 11 is 1.56. The molecular formula is C14H18N2O2S. The first-order valence-corrected chi connectivity index (χ1v) is 7.38. The summed E-state index contributed by atoms with van der Waals surface area (Å²) in [7, 11) is 0. The minimum atomic E-state index is -0.148. The van der Waals surface area contributed by atoms with Crippen molar-refractivity contribution in [3.63, 3.8) is 0 Å². The number of rotatable bonds is 3. The highest BCUT2D eigenvalue weighted by Crippen LogP contribution is 2.18. The van der Waals surface area contributed by atoms with Crippen molar-refractivity contribution in [3.8, 4) is 11.8 Å². The first-order valence-electron chi connectivity index (χ1n) is 6.50. The number of hydrogen-bond acceptors (Lipinski definition) is 3. The van der Waals surface area contributed by atoms with Crippen LogP contribution < -0.4 is 10.6 Å². The van der Waals surface area contributed by atoms with Gasteiger partial charge in [-0.3, -0.25) is 0 Å². The van der Waals surface area contributed by atoms with Crippen molar-refractivity contribution < 1.29 is 9.90 Å². The van der Waals surface area contributed by atoms with E-state index in [1.807, 2.05) is 11.4 Å². The van der Waals surface area contributed by atoms with Crippen LogP contribution >= 0.6 is 11.3 Å². The van der Waals surface area contributed by atoms with Crippen LogP contribution in [0.15, 0.2) is 11.4 Å². The van der Waals surface area contributed by atoms with Gasteiger partial charge in [-0.25, -0.2) is 4.79 Å². The third kappa shape index (κ3) is 4.27. The molecule has 2 amide bonds. The fourth-order valence-corrected chi connectivity index (χ4v) is 2.96. The fraction of sp³-hybridized carbons (Fsp3) is 0.500. The molecule has 0 aliphatic heterocycles. The van der Waals surface area contributed by atoms with Crippen LogP contribution in [0.3, 0.4) is 0 Å². The van der Waals surface area contributed by atoms with E-state index in [1.165, 1.54) is 12.8 Å². The molecule has 1 heterocycles. The van der Waals surface area contributed by atoms with Gasteiger partial charge in [0.2, 0.25) is 0 Å². The van der Waals surface area contributed by atoms with Crippen LogP contribution in [-0.4, -0.2) is 23.8 Å². The Morgan fingerprint density at radius 2 is 2.26 bits per heavy atom. The molecule has 1 fully saturated rings. The lowest BCUT2D eigenvalue weighted by Crippen LogP contribution is -2.40. The largest absolute Gasteiger partial charge is 0.384 e. The lowest BCUT2D eigenvalue weighted by molar-refractivity contribution is 0.237. The lowest BCUT2D eigenvalue weighted by Gasteiger charge is -2.12. The molecule has 0 bridgehead atoms. The predicted molar refractivity (Wildman–Crippen MR) is 75.9 cm³/mol. The molecule has 5 heteroatoms. The zero-order valence-electron chi connectivity index (χ0n) is 10.7. The van der Waals surface area contributed by atoms with E-state index in [-0.39, 0.29) is 12.6 Å². The average Bonchev–Trinajstić information content (AvgIpc) is 3.05. The quantitative estimate of drug-likeness (QED) is 0.739. The minimum absolute atomic E-state index is 0.110. The number of carbonyl (C=O) groups is 1. The number of nitrogens with one attached hydrogen (secondary N) is 2. The van der Waals surface area contributed by atoms with Crippen LogP contribution in [0.5, 0.6) is 0 Å². The molecule has 0 saturated heterocycles. The second-order valence-electron chi connectivity index (χ2n) is 4.53. The molecule has 0 radical (unpaired) electrons. The molecule has 1 aliphatic carbocycles. The maximum absolute atomic E-state index is 11.7. The summed E-state index contributed by atoms with van der Waals surface area (Å²) in [4.78, 5) is 12.7. The summed E-state index contributed by atoms with van der Waals surface area (Å²) in [5, 5.41) is 16.5. The third-order valence-corrected chi connectivity index (χ3v) is 4.07. The third-order valence-electron chi connectivity index (χ3n) is 3.15. The Kier molecular flexibility index (Phi) is 5.25. The van der Waals surface area contributed by atoms with Gasteiger partial charge in [0.15, 0.2) is 0 Å². The van der Waals surface area contributed by atoms with Crippen LogP contribution in [0, 0.1) is 11.8 Å². The van der Waals surface area contributed by atoms with Gasteiger partial charge < -0.3 is 15.7 Å². The van der Waals surface area contributed by atoms with E-state index in [4.69, 9.17) is 5.11 Å². The maximum atomic E-state index is 11.7. The van der Waals surface area contributed by atoms with E-state index in [9.17, 15) is 4.79 Å². The minimum Gasteiger partial charge on any atom is -0.384 e. The molecule has 4 nitrogen and oxygen atoms in total. The molecule has 0 spiro atoms. The number of amides is 2. The summed E-state index contributed by atoms with van der Waals surface area (Å²) in [5.74, 6) is 5.50. The molecule has 102 valence electrons. The number of carbonyl (C=O) groups excluding carboxylic acids is 1. The van der Waals surface area contributed by atoms with Gasteiger partial charge in [-0.15, -0.1) is 11.3 Å². The van der Waals surface area contributed by atoms with E-state index in [0.717, 1.165) is 23.3 Å². The van der Waals surface area contributed by atoms with Crippen LogP contribution in [0.1, 0.15) is 36.1 Å². The van der Waals surface area contributed by atoms with Gasteiger partial charge in [0.25, 0.3) is 0 Å². The average molecular weight is 278 g/mol. The second kappa shape index (κ2) is 7.17. The molecule has 3 N–H and O–H groups in total. The Bertz CT molecular complexity index is 481. The summed E-state index contributed by atoms with van der Waals surface area (Å²) < 4.78 is 0. The standard InChI is InChI=1S/C14H18N2O2S/c17-8-3-4-11-7-9-19-13(11)10-15-14(18)16-12-5-1-2-6-12/h7,9,12,17H,1-2,5-6,8,10H2,(H2,15,16,18). The van der Waals surface area contributed by atoms with Crippen molar-refractivity contribution >= 4 is 17.4 Å². The number of thiophene rings is 1. The van der Waals surface area contributed by atoms with E-state index in [2.05, 4.69) is 22.5 Å². The Labute approximate surface area is 117 Å². The molecule has 0 unspecified atom stereocenters. The highest BCUT2D eigenvalue weighted by atomic mass is 32.1. The van der Waals surface area contributed by atoms with Crippen molar-refractivity contribution in [2.75, 3.05) is 6.61 Å². The van der Waals surface area contributed by atoms with E-state index >= 15 is 0 Å². The highest BCUT2D eigenvalue weighted by Gasteiger charge is 2.16. The molecule has 0 aromatic carbocycles. The van der Waals surface area contributed by atoms with Crippen LogP contribution in [0.2, 0.25) is 0 Å². The summed E-state index contributed by atoms with van der Waals surface area (Å²) in [6.45, 7) is 0.330. The molecule has 2 rings (SSSR count).